The molecule has 256 valence electrons. The number of carboxylic acid groups (broad SMARTS) is 1. The Balaban J connectivity index is 1.14. The van der Waals surface area contributed by atoms with Crippen molar-refractivity contribution in [2.75, 3.05) is 7.11 Å². The van der Waals surface area contributed by atoms with Crippen LogP contribution in [-0.2, 0) is 29.8 Å². The van der Waals surface area contributed by atoms with Crippen molar-refractivity contribution in [3.05, 3.63) is 123 Å². The van der Waals surface area contributed by atoms with Gasteiger partial charge in [0.25, 0.3) is 0 Å². The molecule has 3 aromatic carbocycles. The fourth-order valence-corrected chi connectivity index (χ4v) is 5.91. The molecule has 0 aliphatic heterocycles. The number of rotatable bonds is 13. The van der Waals surface area contributed by atoms with E-state index in [1.165, 1.54) is 0 Å². The van der Waals surface area contributed by atoms with E-state index in [1.807, 2.05) is 73.8 Å². The number of aliphatic carboxylic acids is 1. The average Bonchev–Trinajstić information content (AvgIpc) is 3.85. The minimum absolute atomic E-state index is 0.0102. The molecule has 0 amide bonds. The first-order valence-electron chi connectivity index (χ1n) is 16.0. The number of thiazole rings is 1. The van der Waals surface area contributed by atoms with E-state index in [-0.39, 0.29) is 25.0 Å². The number of ether oxygens (including phenoxy) is 3. The summed E-state index contributed by atoms with van der Waals surface area (Å²) in [5.41, 5.74) is 5.60. The first-order valence-corrected chi connectivity index (χ1v) is 16.9. The molecule has 0 aliphatic rings. The molecule has 6 rings (SSSR count). The number of carboxylic acids is 1. The van der Waals surface area contributed by atoms with E-state index >= 15 is 0 Å². The van der Waals surface area contributed by atoms with Crippen LogP contribution in [0.15, 0.2) is 88.8 Å². The third kappa shape index (κ3) is 8.30. The van der Waals surface area contributed by atoms with Crippen LogP contribution in [0.5, 0.6) is 17.4 Å². The number of hydrogen-bond acceptors (Lipinski definition) is 9. The third-order valence-electron chi connectivity index (χ3n) is 7.74. The van der Waals surface area contributed by atoms with E-state index in [1.54, 1.807) is 47.4 Å². The van der Waals surface area contributed by atoms with Crippen LogP contribution in [0.2, 0.25) is 0 Å². The summed E-state index contributed by atoms with van der Waals surface area (Å²) in [6, 6.07) is 22.6. The summed E-state index contributed by atoms with van der Waals surface area (Å²) in [5.74, 6) is 1.78. The Morgan fingerprint density at radius 3 is 2.40 bits per heavy atom. The Hall–Kier alpha value is -5.68. The molecular weight excluding hydrogens is 653 g/mol. The Morgan fingerprint density at radius 2 is 1.70 bits per heavy atom. The monoisotopic (exact) mass is 690 g/mol. The summed E-state index contributed by atoms with van der Waals surface area (Å²) in [7, 11) is 1.59. The highest BCUT2D eigenvalue weighted by molar-refractivity contribution is 7.09. The zero-order valence-corrected chi connectivity index (χ0v) is 29.4. The molecule has 0 unspecified atom stereocenters. The lowest BCUT2D eigenvalue weighted by atomic mass is 9.98. The van der Waals surface area contributed by atoms with Gasteiger partial charge in [0.15, 0.2) is 11.5 Å². The second-order valence-electron chi connectivity index (χ2n) is 12.7. The second kappa shape index (κ2) is 14.8. The average molecular weight is 691 g/mol. The van der Waals surface area contributed by atoms with Crippen LogP contribution >= 0.6 is 11.3 Å². The fourth-order valence-electron chi connectivity index (χ4n) is 5.04. The predicted molar refractivity (Wildman–Crippen MR) is 193 cm³/mol. The number of aromatic nitrogens is 4. The summed E-state index contributed by atoms with van der Waals surface area (Å²) >= 11 is 1.65. The van der Waals surface area contributed by atoms with Gasteiger partial charge in [-0.25, -0.2) is 14.6 Å². The molecule has 1 N–H and O–H groups in total. The van der Waals surface area contributed by atoms with Crippen LogP contribution in [0.3, 0.4) is 0 Å². The molecule has 6 aromatic rings. The Bertz CT molecular complexity index is 2110. The maximum absolute atomic E-state index is 11.0. The quantitative estimate of drug-likeness (QED) is 0.127. The number of hydrogen-bond donors (Lipinski definition) is 1. The molecule has 0 saturated heterocycles. The molecule has 3 aromatic heterocycles. The fraction of sp³-hybridized carbons (Fsp3) is 0.231. The van der Waals surface area contributed by atoms with Gasteiger partial charge < -0.3 is 23.7 Å². The smallest absolute Gasteiger partial charge is 0.307 e. The van der Waals surface area contributed by atoms with Crippen molar-refractivity contribution in [2.45, 2.75) is 52.7 Å². The summed E-state index contributed by atoms with van der Waals surface area (Å²) in [6.45, 7) is 8.73. The molecule has 0 spiro atoms. The normalized spacial score (nSPS) is 11.6. The lowest BCUT2D eigenvalue weighted by Gasteiger charge is -2.13. The number of oxazole rings is 1. The molecule has 3 heterocycles. The topological polar surface area (TPSA) is 122 Å². The van der Waals surface area contributed by atoms with E-state index in [4.69, 9.17) is 33.8 Å². The van der Waals surface area contributed by atoms with E-state index in [0.29, 0.717) is 40.3 Å². The van der Waals surface area contributed by atoms with Gasteiger partial charge in [0, 0.05) is 22.6 Å². The van der Waals surface area contributed by atoms with Gasteiger partial charge >= 0.3 is 5.97 Å². The van der Waals surface area contributed by atoms with Crippen molar-refractivity contribution >= 4 is 29.5 Å². The molecule has 0 bridgehead atoms. The lowest BCUT2D eigenvalue weighted by molar-refractivity contribution is -0.136. The Morgan fingerprint density at radius 1 is 0.940 bits per heavy atom. The SMILES string of the molecule is COc1cc(COc2nn(-c3ccccc3)cc2/C=C/c2csc(C(C)(C)C)n2)ccc1OCc1nc(-c2ccc(CC(=O)O)cc2)oc1C. The minimum atomic E-state index is -0.879. The molecule has 0 fully saturated rings. The maximum atomic E-state index is 11.0. The van der Waals surface area contributed by atoms with Crippen LogP contribution in [-0.4, -0.2) is 37.9 Å². The standard InChI is InChI=1S/C39H38N4O6S/c1-25-32(41-36(49-25)28-14-11-26(12-15-28)20-35(44)45)23-47-33-18-13-27(19-34(33)46-5)22-48-37-29(21-43(42-37)31-9-7-6-8-10-31)16-17-30-24-50-38(40-30)39(2,3)4/h6-19,21,24H,20,22-23H2,1-5H3,(H,44,45)/b17-16+. The summed E-state index contributed by atoms with van der Waals surface area (Å²) in [5, 5.41) is 16.9. The number of carbonyl (C=O) groups is 1. The molecular formula is C39H38N4O6S. The van der Waals surface area contributed by atoms with Gasteiger partial charge in [-0.1, -0.05) is 57.2 Å². The number of para-hydroxylation sites is 1. The number of aryl methyl sites for hydroxylation is 1. The van der Waals surface area contributed by atoms with Crippen molar-refractivity contribution in [2.24, 2.45) is 0 Å². The van der Waals surface area contributed by atoms with E-state index in [0.717, 1.165) is 33.1 Å². The highest BCUT2D eigenvalue weighted by Gasteiger charge is 2.18. The number of methoxy groups -OCH3 is 1. The lowest BCUT2D eigenvalue weighted by Crippen LogP contribution is -2.10. The number of nitrogens with zero attached hydrogens (tertiary/aromatic N) is 4. The third-order valence-corrected chi connectivity index (χ3v) is 9.03. The number of benzene rings is 3. The molecule has 10 nitrogen and oxygen atoms in total. The van der Waals surface area contributed by atoms with Crippen molar-refractivity contribution < 1.29 is 28.5 Å². The summed E-state index contributed by atoms with van der Waals surface area (Å²) < 4.78 is 25.7. The highest BCUT2D eigenvalue weighted by atomic mass is 32.1. The van der Waals surface area contributed by atoms with Crippen LogP contribution in [0.25, 0.3) is 29.3 Å². The zero-order valence-electron chi connectivity index (χ0n) is 28.5. The molecule has 0 saturated carbocycles. The summed E-state index contributed by atoms with van der Waals surface area (Å²) in [6.07, 6.45) is 5.87. The molecule has 11 heteroatoms. The van der Waals surface area contributed by atoms with Crippen LogP contribution in [0.1, 0.15) is 59.6 Å². The van der Waals surface area contributed by atoms with Gasteiger partial charge in [0.1, 0.15) is 24.7 Å². The van der Waals surface area contributed by atoms with Crippen molar-refractivity contribution in [3.63, 3.8) is 0 Å². The van der Waals surface area contributed by atoms with Crippen molar-refractivity contribution in [1.82, 2.24) is 19.7 Å². The molecule has 50 heavy (non-hydrogen) atoms. The molecule has 0 atom stereocenters. The molecule has 0 radical (unpaired) electrons. The first-order chi connectivity index (χ1) is 24.1. The summed E-state index contributed by atoms with van der Waals surface area (Å²) in [4.78, 5) is 20.4. The zero-order chi connectivity index (χ0) is 35.3. The van der Waals surface area contributed by atoms with Gasteiger partial charge in [-0.05, 0) is 66.6 Å². The van der Waals surface area contributed by atoms with Crippen molar-refractivity contribution in [1.29, 1.82) is 0 Å². The largest absolute Gasteiger partial charge is 0.493 e. The van der Waals surface area contributed by atoms with Gasteiger partial charge in [-0.3, -0.25) is 4.79 Å². The van der Waals surface area contributed by atoms with E-state index < -0.39 is 5.97 Å². The van der Waals surface area contributed by atoms with Gasteiger partial charge in [0.05, 0.1) is 35.5 Å². The maximum Gasteiger partial charge on any atom is 0.307 e. The first kappa shape index (κ1) is 34.2. The Kier molecular flexibility index (Phi) is 10.1. The van der Waals surface area contributed by atoms with Crippen LogP contribution < -0.4 is 14.2 Å². The molecule has 0 aliphatic carbocycles. The predicted octanol–water partition coefficient (Wildman–Crippen LogP) is 8.55. The van der Waals surface area contributed by atoms with Crippen molar-refractivity contribution in [3.8, 4) is 34.5 Å². The van der Waals surface area contributed by atoms with E-state index in [2.05, 4.69) is 31.1 Å². The Labute approximate surface area is 294 Å². The van der Waals surface area contributed by atoms with Gasteiger partial charge in [-0.2, -0.15) is 0 Å². The second-order valence-corrected chi connectivity index (χ2v) is 13.5. The highest BCUT2D eigenvalue weighted by Crippen LogP contribution is 2.32. The van der Waals surface area contributed by atoms with E-state index in [9.17, 15) is 4.79 Å². The van der Waals surface area contributed by atoms with Crippen LogP contribution in [0.4, 0.5) is 0 Å². The van der Waals surface area contributed by atoms with Crippen LogP contribution in [0, 0.1) is 6.92 Å². The van der Waals surface area contributed by atoms with Gasteiger partial charge in [-0.15, -0.1) is 16.4 Å². The van der Waals surface area contributed by atoms with Gasteiger partial charge in [0.2, 0.25) is 11.8 Å². The minimum Gasteiger partial charge on any atom is -0.493 e.